The van der Waals surface area contributed by atoms with Crippen LogP contribution in [0.2, 0.25) is 0 Å². The monoisotopic (exact) mass is 247 g/mol. The number of aromatic nitrogens is 2. The Morgan fingerprint density at radius 1 is 1.77 bits per heavy atom. The number of aryl methyl sites for hydroxylation is 1. The predicted octanol–water partition coefficient (Wildman–Crippen LogP) is 0.435. The Morgan fingerprint density at radius 2 is 2.38 bits per heavy atom. The number of hydrogen-bond donors (Lipinski definition) is 2. The third kappa shape index (κ3) is 2.79. The van der Waals surface area contributed by atoms with E-state index in [-0.39, 0.29) is 6.61 Å². The van der Waals surface area contributed by atoms with Gasteiger partial charge in [0.05, 0.1) is 6.61 Å². The van der Waals surface area contributed by atoms with Crippen molar-refractivity contribution in [2.45, 2.75) is 18.9 Å². The summed E-state index contributed by atoms with van der Waals surface area (Å²) < 4.78 is 2.55. The van der Waals surface area contributed by atoms with Gasteiger partial charge in [0.1, 0.15) is 4.60 Å². The molecule has 1 rings (SSSR count). The molecule has 1 aromatic heterocycles. The fourth-order valence-electron chi connectivity index (χ4n) is 1.10. The first-order valence-corrected chi connectivity index (χ1v) is 4.82. The van der Waals surface area contributed by atoms with Crippen LogP contribution in [-0.4, -0.2) is 27.0 Å². The first-order chi connectivity index (χ1) is 5.94. The zero-order valence-electron chi connectivity index (χ0n) is 7.79. The quantitative estimate of drug-likeness (QED) is 0.815. The molecule has 1 heterocycles. The molecule has 3 N–H and O–H groups in total. The molecule has 0 amide bonds. The summed E-state index contributed by atoms with van der Waals surface area (Å²) in [5.74, 6) is 0. The summed E-state index contributed by atoms with van der Waals surface area (Å²) in [5, 5.41) is 13.1. The Balaban J connectivity index is 2.79. The van der Waals surface area contributed by atoms with Crippen LogP contribution >= 0.6 is 15.9 Å². The molecule has 0 spiro atoms. The van der Waals surface area contributed by atoms with E-state index in [4.69, 9.17) is 10.8 Å². The normalized spacial score (nSPS) is 15.8. The van der Waals surface area contributed by atoms with Gasteiger partial charge in [-0.1, -0.05) is 0 Å². The van der Waals surface area contributed by atoms with E-state index in [1.807, 2.05) is 20.0 Å². The summed E-state index contributed by atoms with van der Waals surface area (Å²) in [4.78, 5) is 0. The molecule has 5 heteroatoms. The summed E-state index contributed by atoms with van der Waals surface area (Å²) >= 11 is 3.28. The second-order valence-electron chi connectivity index (χ2n) is 3.57. The van der Waals surface area contributed by atoms with Crippen molar-refractivity contribution in [3.8, 4) is 0 Å². The molecule has 0 saturated heterocycles. The van der Waals surface area contributed by atoms with Crippen LogP contribution < -0.4 is 5.73 Å². The molecule has 13 heavy (non-hydrogen) atoms. The lowest BCUT2D eigenvalue weighted by molar-refractivity contribution is 0.206. The molecule has 0 aliphatic heterocycles. The van der Waals surface area contributed by atoms with Gasteiger partial charge < -0.3 is 10.8 Å². The summed E-state index contributed by atoms with van der Waals surface area (Å²) in [7, 11) is 1.85. The molecule has 0 bridgehead atoms. The molecule has 1 unspecified atom stereocenters. The zero-order chi connectivity index (χ0) is 10.1. The first kappa shape index (κ1) is 10.7. The molecule has 0 fully saturated rings. The van der Waals surface area contributed by atoms with Crippen LogP contribution in [0.4, 0.5) is 0 Å². The molecule has 0 aromatic carbocycles. The second-order valence-corrected chi connectivity index (χ2v) is 4.38. The van der Waals surface area contributed by atoms with Crippen LogP contribution in [0.5, 0.6) is 0 Å². The first-order valence-electron chi connectivity index (χ1n) is 4.03. The van der Waals surface area contributed by atoms with E-state index in [1.165, 1.54) is 0 Å². The molecule has 74 valence electrons. The van der Waals surface area contributed by atoms with E-state index >= 15 is 0 Å². The van der Waals surface area contributed by atoms with Gasteiger partial charge in [-0.2, -0.15) is 5.10 Å². The molecule has 0 radical (unpaired) electrons. The fourth-order valence-corrected chi connectivity index (χ4v) is 1.60. The predicted molar refractivity (Wildman–Crippen MR) is 54.3 cm³/mol. The van der Waals surface area contributed by atoms with Crippen LogP contribution in [0.3, 0.4) is 0 Å². The van der Waals surface area contributed by atoms with E-state index in [1.54, 1.807) is 4.68 Å². The van der Waals surface area contributed by atoms with E-state index < -0.39 is 5.54 Å². The van der Waals surface area contributed by atoms with Gasteiger partial charge in [0.2, 0.25) is 0 Å². The highest BCUT2D eigenvalue weighted by atomic mass is 79.9. The SMILES string of the molecule is Cn1nc(Br)cc1CC(C)(N)CO. The van der Waals surface area contributed by atoms with Crippen molar-refractivity contribution in [1.82, 2.24) is 9.78 Å². The highest BCUT2D eigenvalue weighted by Crippen LogP contribution is 2.14. The number of nitrogens with two attached hydrogens (primary N) is 1. The van der Waals surface area contributed by atoms with Gasteiger partial charge in [-0.05, 0) is 28.9 Å². The number of nitrogens with zero attached hydrogens (tertiary/aromatic N) is 2. The van der Waals surface area contributed by atoms with Crippen LogP contribution in [0.15, 0.2) is 10.7 Å². The Morgan fingerprint density at radius 3 is 2.77 bits per heavy atom. The van der Waals surface area contributed by atoms with Gasteiger partial charge >= 0.3 is 0 Å². The van der Waals surface area contributed by atoms with E-state index in [2.05, 4.69) is 21.0 Å². The topological polar surface area (TPSA) is 64.1 Å². The van der Waals surface area contributed by atoms with Crippen LogP contribution in [0.1, 0.15) is 12.6 Å². The number of aliphatic hydroxyl groups is 1. The zero-order valence-corrected chi connectivity index (χ0v) is 9.37. The standard InChI is InChI=1S/C8H14BrN3O/c1-8(10,5-13)4-6-3-7(9)11-12(6)2/h3,13H,4-5,10H2,1-2H3. The Labute approximate surface area is 85.9 Å². The Bertz CT molecular complexity index is 296. The lowest BCUT2D eigenvalue weighted by Crippen LogP contribution is -2.42. The van der Waals surface area contributed by atoms with Crippen molar-refractivity contribution in [2.75, 3.05) is 6.61 Å². The molecule has 1 atom stereocenters. The lowest BCUT2D eigenvalue weighted by atomic mass is 9.98. The second kappa shape index (κ2) is 3.77. The number of aliphatic hydroxyl groups excluding tert-OH is 1. The lowest BCUT2D eigenvalue weighted by Gasteiger charge is -2.21. The van der Waals surface area contributed by atoms with Crippen molar-refractivity contribution in [3.63, 3.8) is 0 Å². The van der Waals surface area contributed by atoms with E-state index in [0.717, 1.165) is 10.3 Å². The van der Waals surface area contributed by atoms with Crippen molar-refractivity contribution in [3.05, 3.63) is 16.4 Å². The minimum absolute atomic E-state index is 0.0319. The Hall–Kier alpha value is -0.390. The van der Waals surface area contributed by atoms with Crippen LogP contribution in [-0.2, 0) is 13.5 Å². The van der Waals surface area contributed by atoms with Crippen molar-refractivity contribution in [1.29, 1.82) is 0 Å². The molecular weight excluding hydrogens is 234 g/mol. The Kier molecular flexibility index (Phi) is 3.10. The maximum absolute atomic E-state index is 8.99. The molecule has 1 aromatic rings. The summed E-state index contributed by atoms with van der Waals surface area (Å²) in [6, 6.07) is 1.90. The third-order valence-electron chi connectivity index (χ3n) is 1.89. The summed E-state index contributed by atoms with van der Waals surface area (Å²) in [6.45, 7) is 1.78. The summed E-state index contributed by atoms with van der Waals surface area (Å²) in [6.07, 6.45) is 0.610. The highest BCUT2D eigenvalue weighted by Gasteiger charge is 2.19. The molecule has 0 saturated carbocycles. The minimum atomic E-state index is -0.576. The van der Waals surface area contributed by atoms with Gasteiger partial charge in [-0.15, -0.1) is 0 Å². The van der Waals surface area contributed by atoms with Gasteiger partial charge in [0.25, 0.3) is 0 Å². The smallest absolute Gasteiger partial charge is 0.128 e. The number of rotatable bonds is 3. The van der Waals surface area contributed by atoms with Gasteiger partial charge in [0.15, 0.2) is 0 Å². The minimum Gasteiger partial charge on any atom is -0.394 e. The largest absolute Gasteiger partial charge is 0.394 e. The maximum Gasteiger partial charge on any atom is 0.128 e. The molecule has 4 nitrogen and oxygen atoms in total. The fraction of sp³-hybridized carbons (Fsp3) is 0.625. The third-order valence-corrected chi connectivity index (χ3v) is 2.28. The number of hydrogen-bond acceptors (Lipinski definition) is 3. The van der Waals surface area contributed by atoms with Gasteiger partial charge in [0, 0.05) is 24.7 Å². The molecular formula is C8H14BrN3O. The van der Waals surface area contributed by atoms with Crippen LogP contribution in [0.25, 0.3) is 0 Å². The molecule has 0 aliphatic carbocycles. The molecule has 0 aliphatic rings. The maximum atomic E-state index is 8.99. The van der Waals surface area contributed by atoms with E-state index in [9.17, 15) is 0 Å². The average Bonchev–Trinajstić information content (AvgIpc) is 2.30. The van der Waals surface area contributed by atoms with Gasteiger partial charge in [-0.3, -0.25) is 4.68 Å². The summed E-state index contributed by atoms with van der Waals surface area (Å²) in [5.41, 5.74) is 6.25. The average molecular weight is 248 g/mol. The van der Waals surface area contributed by atoms with Gasteiger partial charge in [-0.25, -0.2) is 0 Å². The highest BCUT2D eigenvalue weighted by molar-refractivity contribution is 9.10. The van der Waals surface area contributed by atoms with Crippen molar-refractivity contribution in [2.24, 2.45) is 12.8 Å². The van der Waals surface area contributed by atoms with Crippen molar-refractivity contribution >= 4 is 15.9 Å². The van der Waals surface area contributed by atoms with Crippen molar-refractivity contribution < 1.29 is 5.11 Å². The van der Waals surface area contributed by atoms with Crippen LogP contribution in [0, 0.1) is 0 Å². The van der Waals surface area contributed by atoms with E-state index in [0.29, 0.717) is 6.42 Å². The number of halogens is 1.